The Morgan fingerprint density at radius 1 is 1.28 bits per heavy atom. The van der Waals surface area contributed by atoms with E-state index in [9.17, 15) is 14.0 Å². The van der Waals surface area contributed by atoms with Crippen LogP contribution in [-0.4, -0.2) is 18.4 Å². The van der Waals surface area contributed by atoms with Gasteiger partial charge in [-0.1, -0.05) is 28.1 Å². The van der Waals surface area contributed by atoms with Gasteiger partial charge in [-0.25, -0.2) is 4.39 Å². The fourth-order valence-electron chi connectivity index (χ4n) is 2.97. The zero-order valence-electron chi connectivity index (χ0n) is 14.0. The van der Waals surface area contributed by atoms with Crippen LogP contribution in [0.3, 0.4) is 0 Å². The molecule has 1 aliphatic heterocycles. The number of benzene rings is 2. The minimum Gasteiger partial charge on any atom is -0.323 e. The second kappa shape index (κ2) is 6.96. The van der Waals surface area contributed by atoms with E-state index >= 15 is 0 Å². The lowest BCUT2D eigenvalue weighted by molar-refractivity contribution is -0.122. The van der Waals surface area contributed by atoms with Gasteiger partial charge in [0, 0.05) is 23.1 Å². The van der Waals surface area contributed by atoms with Crippen molar-refractivity contribution in [2.75, 3.05) is 16.8 Å². The first-order valence-corrected chi connectivity index (χ1v) is 8.78. The van der Waals surface area contributed by atoms with Gasteiger partial charge in [0.2, 0.25) is 11.8 Å². The van der Waals surface area contributed by atoms with Gasteiger partial charge < -0.3 is 10.2 Å². The number of anilines is 2. The molecule has 25 heavy (non-hydrogen) atoms. The Morgan fingerprint density at radius 3 is 2.76 bits per heavy atom. The standard InChI is InChI=1S/C19H18BrFN2O2/c1-11-4-3-5-17(12(11)2)23-10-13(8-18(23)24)19(25)22-16-7-6-14(20)9-15(16)21/h3-7,9,13H,8,10H2,1-2H3,(H,22,25). The third-order valence-corrected chi connectivity index (χ3v) is 5.04. The van der Waals surface area contributed by atoms with Gasteiger partial charge in [-0.2, -0.15) is 0 Å². The minimum atomic E-state index is -0.515. The zero-order valence-corrected chi connectivity index (χ0v) is 15.6. The highest BCUT2D eigenvalue weighted by atomic mass is 79.9. The normalized spacial score (nSPS) is 17.0. The summed E-state index contributed by atoms with van der Waals surface area (Å²) in [6, 6.07) is 10.2. The number of rotatable bonds is 3. The maximum Gasteiger partial charge on any atom is 0.229 e. The van der Waals surface area contributed by atoms with Gasteiger partial charge in [-0.3, -0.25) is 9.59 Å². The molecule has 0 bridgehead atoms. The molecule has 0 aromatic heterocycles. The van der Waals surface area contributed by atoms with E-state index in [0.29, 0.717) is 11.0 Å². The molecule has 2 amide bonds. The van der Waals surface area contributed by atoms with Crippen molar-refractivity contribution in [2.24, 2.45) is 5.92 Å². The molecule has 0 spiro atoms. The molecule has 0 radical (unpaired) electrons. The molecular formula is C19H18BrFN2O2. The summed E-state index contributed by atoms with van der Waals surface area (Å²) >= 11 is 3.18. The van der Waals surface area contributed by atoms with Crippen LogP contribution >= 0.6 is 15.9 Å². The highest BCUT2D eigenvalue weighted by Crippen LogP contribution is 2.30. The van der Waals surface area contributed by atoms with Gasteiger partial charge in [-0.15, -0.1) is 0 Å². The lowest BCUT2D eigenvalue weighted by Gasteiger charge is -2.20. The molecule has 1 atom stereocenters. The maximum atomic E-state index is 13.9. The predicted molar refractivity (Wildman–Crippen MR) is 99.1 cm³/mol. The van der Waals surface area contributed by atoms with Crippen molar-refractivity contribution in [3.8, 4) is 0 Å². The van der Waals surface area contributed by atoms with E-state index in [1.807, 2.05) is 32.0 Å². The molecule has 1 fully saturated rings. The molecule has 4 nitrogen and oxygen atoms in total. The van der Waals surface area contributed by atoms with Crippen molar-refractivity contribution in [1.29, 1.82) is 0 Å². The van der Waals surface area contributed by atoms with Crippen LogP contribution in [0.15, 0.2) is 40.9 Å². The molecule has 0 saturated carbocycles. The Labute approximate surface area is 154 Å². The van der Waals surface area contributed by atoms with Gasteiger partial charge in [0.15, 0.2) is 0 Å². The van der Waals surface area contributed by atoms with Gasteiger partial charge in [0.1, 0.15) is 5.82 Å². The SMILES string of the molecule is Cc1cccc(N2CC(C(=O)Nc3ccc(Br)cc3F)CC2=O)c1C. The number of carbonyl (C=O) groups is 2. The van der Waals surface area contributed by atoms with Crippen LogP contribution in [0.4, 0.5) is 15.8 Å². The minimum absolute atomic E-state index is 0.0925. The molecule has 2 aromatic carbocycles. The first-order valence-electron chi connectivity index (χ1n) is 7.99. The smallest absolute Gasteiger partial charge is 0.229 e. The van der Waals surface area contributed by atoms with Gasteiger partial charge in [-0.05, 0) is 49.2 Å². The molecule has 0 aliphatic carbocycles. The number of amides is 2. The fraction of sp³-hybridized carbons (Fsp3) is 0.263. The highest BCUT2D eigenvalue weighted by molar-refractivity contribution is 9.10. The monoisotopic (exact) mass is 404 g/mol. The second-order valence-electron chi connectivity index (χ2n) is 6.24. The van der Waals surface area contributed by atoms with E-state index in [1.165, 1.54) is 12.1 Å². The van der Waals surface area contributed by atoms with Gasteiger partial charge in [0.05, 0.1) is 11.6 Å². The van der Waals surface area contributed by atoms with Crippen LogP contribution < -0.4 is 10.2 Å². The van der Waals surface area contributed by atoms with E-state index in [4.69, 9.17) is 0 Å². The zero-order chi connectivity index (χ0) is 18.1. The number of carbonyl (C=O) groups excluding carboxylic acids is 2. The van der Waals surface area contributed by atoms with E-state index in [1.54, 1.807) is 11.0 Å². The van der Waals surface area contributed by atoms with Gasteiger partial charge in [0.25, 0.3) is 0 Å². The Balaban J connectivity index is 1.75. The summed E-state index contributed by atoms with van der Waals surface area (Å²) in [4.78, 5) is 26.5. The average molecular weight is 405 g/mol. The number of nitrogens with zero attached hydrogens (tertiary/aromatic N) is 1. The van der Waals surface area contributed by atoms with E-state index in [2.05, 4.69) is 21.2 Å². The molecule has 1 N–H and O–H groups in total. The molecular weight excluding hydrogens is 387 g/mol. The summed E-state index contributed by atoms with van der Waals surface area (Å²) < 4.78 is 14.5. The Morgan fingerprint density at radius 2 is 2.04 bits per heavy atom. The van der Waals surface area contributed by atoms with Crippen molar-refractivity contribution >= 4 is 39.1 Å². The molecule has 2 aromatic rings. The van der Waals surface area contributed by atoms with Crippen LogP contribution in [0.2, 0.25) is 0 Å². The van der Waals surface area contributed by atoms with E-state index in [0.717, 1.165) is 16.8 Å². The summed E-state index contributed by atoms with van der Waals surface area (Å²) in [5.41, 5.74) is 3.06. The Bertz CT molecular complexity index is 853. The number of halogens is 2. The van der Waals surface area contributed by atoms with Crippen LogP contribution in [-0.2, 0) is 9.59 Å². The Hall–Kier alpha value is -2.21. The largest absolute Gasteiger partial charge is 0.323 e. The maximum absolute atomic E-state index is 13.9. The fourth-order valence-corrected chi connectivity index (χ4v) is 3.30. The first kappa shape index (κ1) is 17.6. The molecule has 1 unspecified atom stereocenters. The van der Waals surface area contributed by atoms with Crippen LogP contribution in [0, 0.1) is 25.6 Å². The topological polar surface area (TPSA) is 49.4 Å². The summed E-state index contributed by atoms with van der Waals surface area (Å²) in [6.45, 7) is 4.25. The predicted octanol–water partition coefficient (Wildman–Crippen LogP) is 4.20. The number of aryl methyl sites for hydroxylation is 1. The summed E-state index contributed by atoms with van der Waals surface area (Å²) in [7, 11) is 0. The van der Waals surface area contributed by atoms with Crippen molar-refractivity contribution in [3.63, 3.8) is 0 Å². The lowest BCUT2D eigenvalue weighted by Crippen LogP contribution is -2.28. The van der Waals surface area contributed by atoms with Crippen molar-refractivity contribution in [2.45, 2.75) is 20.3 Å². The number of hydrogen-bond acceptors (Lipinski definition) is 2. The molecule has 6 heteroatoms. The third-order valence-electron chi connectivity index (χ3n) is 4.55. The van der Waals surface area contributed by atoms with E-state index in [-0.39, 0.29) is 23.9 Å². The number of hydrogen-bond donors (Lipinski definition) is 1. The third kappa shape index (κ3) is 3.58. The second-order valence-corrected chi connectivity index (χ2v) is 7.15. The number of nitrogens with one attached hydrogen (secondary N) is 1. The van der Waals surface area contributed by atoms with Crippen LogP contribution in [0.1, 0.15) is 17.5 Å². The molecule has 3 rings (SSSR count). The van der Waals surface area contributed by atoms with Crippen LogP contribution in [0.25, 0.3) is 0 Å². The summed E-state index contributed by atoms with van der Waals surface area (Å²) in [5.74, 6) is -1.46. The first-order chi connectivity index (χ1) is 11.9. The molecule has 1 saturated heterocycles. The van der Waals surface area contributed by atoms with Crippen molar-refractivity contribution < 1.29 is 14.0 Å². The molecule has 1 aliphatic rings. The Kier molecular flexibility index (Phi) is 4.90. The highest BCUT2D eigenvalue weighted by Gasteiger charge is 2.36. The lowest BCUT2D eigenvalue weighted by atomic mass is 10.1. The average Bonchev–Trinajstić information content (AvgIpc) is 2.94. The summed E-state index contributed by atoms with van der Waals surface area (Å²) in [6.07, 6.45) is 0.122. The van der Waals surface area contributed by atoms with Crippen molar-refractivity contribution in [3.05, 3.63) is 57.8 Å². The molecule has 130 valence electrons. The van der Waals surface area contributed by atoms with Gasteiger partial charge >= 0.3 is 0 Å². The van der Waals surface area contributed by atoms with Crippen molar-refractivity contribution in [1.82, 2.24) is 0 Å². The van der Waals surface area contributed by atoms with E-state index < -0.39 is 11.7 Å². The summed E-state index contributed by atoms with van der Waals surface area (Å²) in [5, 5.41) is 2.58. The quantitative estimate of drug-likeness (QED) is 0.833. The van der Waals surface area contributed by atoms with Crippen LogP contribution in [0.5, 0.6) is 0 Å². The molecule has 1 heterocycles.